The van der Waals surface area contributed by atoms with Gasteiger partial charge in [-0.3, -0.25) is 0 Å². The topological polar surface area (TPSA) is 20.2 Å². The summed E-state index contributed by atoms with van der Waals surface area (Å²) in [4.78, 5) is 0. The standard InChI is InChI=1S/C12H15BrO/c1-3-9-7-12(9,14)10-5-4-6-11(13)8(10)2/h4-6,9,14H,3,7H2,1-2H3. The molecule has 1 fully saturated rings. The van der Waals surface area contributed by atoms with Crippen molar-refractivity contribution in [3.05, 3.63) is 33.8 Å². The van der Waals surface area contributed by atoms with Crippen LogP contribution in [0.4, 0.5) is 0 Å². The van der Waals surface area contributed by atoms with Crippen molar-refractivity contribution in [1.82, 2.24) is 0 Å². The van der Waals surface area contributed by atoms with E-state index in [9.17, 15) is 5.11 Å². The first-order chi connectivity index (χ1) is 6.59. The van der Waals surface area contributed by atoms with Crippen molar-refractivity contribution in [2.75, 3.05) is 0 Å². The lowest BCUT2D eigenvalue weighted by molar-refractivity contribution is 0.129. The number of hydrogen-bond acceptors (Lipinski definition) is 1. The van der Waals surface area contributed by atoms with Gasteiger partial charge >= 0.3 is 0 Å². The summed E-state index contributed by atoms with van der Waals surface area (Å²) in [6.45, 7) is 4.19. The fourth-order valence-corrected chi connectivity index (χ4v) is 2.57. The van der Waals surface area contributed by atoms with Crippen molar-refractivity contribution in [3.63, 3.8) is 0 Å². The molecule has 0 aliphatic heterocycles. The summed E-state index contributed by atoms with van der Waals surface area (Å²) in [5, 5.41) is 10.3. The molecule has 1 aromatic rings. The molecule has 0 radical (unpaired) electrons. The summed E-state index contributed by atoms with van der Waals surface area (Å²) in [5.41, 5.74) is 1.73. The highest BCUT2D eigenvalue weighted by Gasteiger charge is 2.53. The van der Waals surface area contributed by atoms with Crippen molar-refractivity contribution in [2.24, 2.45) is 5.92 Å². The Morgan fingerprint density at radius 1 is 1.57 bits per heavy atom. The Kier molecular flexibility index (Phi) is 2.44. The van der Waals surface area contributed by atoms with Gasteiger partial charge in [0, 0.05) is 4.47 Å². The molecule has 1 saturated carbocycles. The summed E-state index contributed by atoms with van der Waals surface area (Å²) in [5.74, 6) is 0.454. The largest absolute Gasteiger partial charge is 0.385 e. The molecule has 2 unspecified atom stereocenters. The van der Waals surface area contributed by atoms with Crippen molar-refractivity contribution in [2.45, 2.75) is 32.3 Å². The zero-order valence-corrected chi connectivity index (χ0v) is 10.1. The lowest BCUT2D eigenvalue weighted by atomic mass is 9.99. The van der Waals surface area contributed by atoms with Crippen LogP contribution in [-0.2, 0) is 5.60 Å². The SMILES string of the molecule is CCC1CC1(O)c1cccc(Br)c1C. The van der Waals surface area contributed by atoms with E-state index in [0.29, 0.717) is 5.92 Å². The van der Waals surface area contributed by atoms with Gasteiger partial charge in [-0.25, -0.2) is 0 Å². The molecule has 0 bridgehead atoms. The molecular formula is C12H15BrO. The third-order valence-electron chi connectivity index (χ3n) is 3.30. The summed E-state index contributed by atoms with van der Waals surface area (Å²) in [6.07, 6.45) is 1.98. The van der Waals surface area contributed by atoms with E-state index in [1.165, 1.54) is 5.56 Å². The molecule has 2 heteroatoms. The Balaban J connectivity index is 2.39. The van der Waals surface area contributed by atoms with Gasteiger partial charge in [0.15, 0.2) is 0 Å². The van der Waals surface area contributed by atoms with Crippen LogP contribution in [0.2, 0.25) is 0 Å². The van der Waals surface area contributed by atoms with Crippen LogP contribution in [0, 0.1) is 12.8 Å². The monoisotopic (exact) mass is 254 g/mol. The predicted molar refractivity (Wildman–Crippen MR) is 61.2 cm³/mol. The fraction of sp³-hybridized carbons (Fsp3) is 0.500. The van der Waals surface area contributed by atoms with Crippen molar-refractivity contribution in [3.8, 4) is 0 Å². The van der Waals surface area contributed by atoms with Crippen LogP contribution >= 0.6 is 15.9 Å². The first kappa shape index (κ1) is 10.2. The van der Waals surface area contributed by atoms with E-state index in [1.54, 1.807) is 0 Å². The van der Waals surface area contributed by atoms with E-state index < -0.39 is 5.60 Å². The normalized spacial score (nSPS) is 30.4. The molecule has 0 heterocycles. The minimum absolute atomic E-state index is 0.454. The molecule has 14 heavy (non-hydrogen) atoms. The smallest absolute Gasteiger partial charge is 0.0932 e. The second kappa shape index (κ2) is 3.35. The third-order valence-corrected chi connectivity index (χ3v) is 4.16. The van der Waals surface area contributed by atoms with Crippen molar-refractivity contribution >= 4 is 15.9 Å². The lowest BCUT2D eigenvalue weighted by Crippen LogP contribution is -2.10. The van der Waals surface area contributed by atoms with Gasteiger partial charge in [-0.15, -0.1) is 0 Å². The molecule has 1 N–H and O–H groups in total. The minimum atomic E-state index is -0.539. The zero-order valence-electron chi connectivity index (χ0n) is 8.55. The van der Waals surface area contributed by atoms with Gasteiger partial charge in [0.25, 0.3) is 0 Å². The molecule has 0 aromatic heterocycles. The number of halogens is 1. The fourth-order valence-electron chi connectivity index (χ4n) is 2.21. The molecule has 2 atom stereocenters. The van der Waals surface area contributed by atoms with E-state index in [0.717, 1.165) is 22.9 Å². The Labute approximate surface area is 93.3 Å². The van der Waals surface area contributed by atoms with Crippen LogP contribution in [0.15, 0.2) is 22.7 Å². The number of rotatable bonds is 2. The molecule has 0 saturated heterocycles. The summed E-state index contributed by atoms with van der Waals surface area (Å²) >= 11 is 3.50. The van der Waals surface area contributed by atoms with E-state index in [2.05, 4.69) is 29.8 Å². The maximum atomic E-state index is 10.3. The third kappa shape index (κ3) is 1.41. The van der Waals surface area contributed by atoms with Crippen LogP contribution < -0.4 is 0 Å². The molecule has 1 aliphatic carbocycles. The van der Waals surface area contributed by atoms with E-state index in [1.807, 2.05) is 18.2 Å². The Bertz CT molecular complexity index is 361. The molecule has 1 aromatic carbocycles. The number of hydrogen-bond donors (Lipinski definition) is 1. The van der Waals surface area contributed by atoms with Gasteiger partial charge in [0.1, 0.15) is 0 Å². The quantitative estimate of drug-likeness (QED) is 0.858. The van der Waals surface area contributed by atoms with Crippen LogP contribution in [0.3, 0.4) is 0 Å². The highest BCUT2D eigenvalue weighted by atomic mass is 79.9. The Hall–Kier alpha value is -0.340. The predicted octanol–water partition coefficient (Wildman–Crippen LogP) is 3.38. The Morgan fingerprint density at radius 3 is 2.86 bits per heavy atom. The van der Waals surface area contributed by atoms with Crippen LogP contribution in [0.5, 0.6) is 0 Å². The number of aliphatic hydroxyl groups is 1. The van der Waals surface area contributed by atoms with E-state index in [-0.39, 0.29) is 0 Å². The van der Waals surface area contributed by atoms with E-state index >= 15 is 0 Å². The molecule has 1 nitrogen and oxygen atoms in total. The van der Waals surface area contributed by atoms with Gasteiger partial charge < -0.3 is 5.11 Å². The second-order valence-corrected chi connectivity index (χ2v) is 5.00. The van der Waals surface area contributed by atoms with Gasteiger partial charge in [-0.1, -0.05) is 41.4 Å². The minimum Gasteiger partial charge on any atom is -0.385 e. The highest BCUT2D eigenvalue weighted by molar-refractivity contribution is 9.10. The van der Waals surface area contributed by atoms with Crippen molar-refractivity contribution in [1.29, 1.82) is 0 Å². The van der Waals surface area contributed by atoms with Crippen molar-refractivity contribution < 1.29 is 5.11 Å². The molecular weight excluding hydrogens is 240 g/mol. The summed E-state index contributed by atoms with van der Waals surface area (Å²) in [7, 11) is 0. The van der Waals surface area contributed by atoms with E-state index in [4.69, 9.17) is 0 Å². The maximum absolute atomic E-state index is 10.3. The summed E-state index contributed by atoms with van der Waals surface area (Å²) < 4.78 is 1.09. The first-order valence-electron chi connectivity index (χ1n) is 5.07. The average Bonchev–Trinajstić information content (AvgIpc) is 2.83. The van der Waals surface area contributed by atoms with Crippen LogP contribution in [0.1, 0.15) is 30.9 Å². The molecule has 1 aliphatic rings. The number of benzene rings is 1. The van der Waals surface area contributed by atoms with Gasteiger partial charge in [-0.2, -0.15) is 0 Å². The molecule has 0 spiro atoms. The lowest BCUT2D eigenvalue weighted by Gasteiger charge is -2.14. The average molecular weight is 255 g/mol. The zero-order chi connectivity index (χ0) is 10.3. The molecule has 76 valence electrons. The molecule has 0 amide bonds. The van der Waals surface area contributed by atoms with Gasteiger partial charge in [0.2, 0.25) is 0 Å². The highest BCUT2D eigenvalue weighted by Crippen LogP contribution is 2.54. The van der Waals surface area contributed by atoms with Crippen LogP contribution in [-0.4, -0.2) is 5.11 Å². The maximum Gasteiger partial charge on any atom is 0.0932 e. The van der Waals surface area contributed by atoms with Crippen LogP contribution in [0.25, 0.3) is 0 Å². The van der Waals surface area contributed by atoms with Gasteiger partial charge in [0.05, 0.1) is 5.60 Å². The molecule has 2 rings (SSSR count). The second-order valence-electron chi connectivity index (χ2n) is 4.15. The first-order valence-corrected chi connectivity index (χ1v) is 5.87. The Morgan fingerprint density at radius 2 is 2.29 bits per heavy atom. The van der Waals surface area contributed by atoms with Gasteiger partial charge in [-0.05, 0) is 36.5 Å². The summed E-state index contributed by atoms with van der Waals surface area (Å²) in [6, 6.07) is 6.05.